The van der Waals surface area contributed by atoms with E-state index in [1.807, 2.05) is 0 Å². The fraction of sp³-hybridized carbons (Fsp3) is 0.839. The summed E-state index contributed by atoms with van der Waals surface area (Å²) in [7, 11) is 0. The molecule has 8 aliphatic rings. The van der Waals surface area contributed by atoms with Crippen LogP contribution in [0.25, 0.3) is 0 Å². The summed E-state index contributed by atoms with van der Waals surface area (Å²) in [5, 5.41) is 0. The number of ether oxygens (including phenoxy) is 5. The van der Waals surface area contributed by atoms with Crippen molar-refractivity contribution in [3.05, 3.63) is 0 Å². The van der Waals surface area contributed by atoms with Crippen LogP contribution in [0.4, 0.5) is 8.78 Å². The van der Waals surface area contributed by atoms with Gasteiger partial charge in [-0.25, -0.2) is 19.2 Å². The average Bonchev–Trinajstić information content (AvgIpc) is 2.87. The maximum Gasteiger partial charge on any atom is 0.377 e. The van der Waals surface area contributed by atoms with Crippen molar-refractivity contribution < 1.29 is 56.4 Å². The Bertz CT molecular complexity index is 1090. The van der Waals surface area contributed by atoms with Gasteiger partial charge in [0.1, 0.15) is 11.2 Å². The number of rotatable bonds is 11. The van der Waals surface area contributed by atoms with Gasteiger partial charge in [0.05, 0.1) is 6.42 Å². The van der Waals surface area contributed by atoms with E-state index in [9.17, 15) is 32.8 Å². The van der Waals surface area contributed by atoms with E-state index in [4.69, 9.17) is 18.9 Å². The lowest BCUT2D eigenvalue weighted by Crippen LogP contribution is -2.53. The van der Waals surface area contributed by atoms with Crippen LogP contribution in [0.5, 0.6) is 0 Å². The van der Waals surface area contributed by atoms with Crippen molar-refractivity contribution in [2.45, 2.75) is 114 Å². The Hall–Kier alpha value is -2.79. The molecular formula is C31H40F2O10. The van der Waals surface area contributed by atoms with Gasteiger partial charge in [-0.3, -0.25) is 4.79 Å². The lowest BCUT2D eigenvalue weighted by Gasteiger charge is -2.55. The van der Waals surface area contributed by atoms with Crippen molar-refractivity contribution in [3.63, 3.8) is 0 Å². The second-order valence-corrected chi connectivity index (χ2v) is 14.4. The van der Waals surface area contributed by atoms with Crippen molar-refractivity contribution in [1.29, 1.82) is 0 Å². The van der Waals surface area contributed by atoms with Gasteiger partial charge < -0.3 is 23.7 Å². The highest BCUT2D eigenvalue weighted by Gasteiger charge is 2.54. The van der Waals surface area contributed by atoms with Crippen molar-refractivity contribution in [2.24, 2.45) is 35.5 Å². The molecule has 8 bridgehead atoms. The number of hydrogen-bond acceptors (Lipinski definition) is 10. The summed E-state index contributed by atoms with van der Waals surface area (Å²) in [6, 6.07) is 0. The van der Waals surface area contributed by atoms with Crippen LogP contribution in [0.1, 0.15) is 90.4 Å². The summed E-state index contributed by atoms with van der Waals surface area (Å²) in [4.78, 5) is 62.3. The zero-order valence-corrected chi connectivity index (χ0v) is 24.5. The first kappa shape index (κ1) is 30.2. The second-order valence-electron chi connectivity index (χ2n) is 14.4. The second kappa shape index (κ2) is 11.3. The van der Waals surface area contributed by atoms with E-state index < -0.39 is 72.7 Å². The number of alkyl halides is 2. The first-order valence-electron chi connectivity index (χ1n) is 15.6. The third kappa shape index (κ3) is 6.82. The van der Waals surface area contributed by atoms with Gasteiger partial charge in [-0.1, -0.05) is 0 Å². The normalized spacial score (nSPS) is 37.4. The minimum atomic E-state index is -3.96. The van der Waals surface area contributed by atoms with Gasteiger partial charge in [-0.05, 0) is 113 Å². The van der Waals surface area contributed by atoms with E-state index in [0.717, 1.165) is 77.0 Å². The SMILES string of the molecule is CC(F)(F)C(=O)OC(CC(=O)OCC(=O)OC12CC3CC(CC(C3)C1)C2)C(=O)OCC(=O)OC12CC3CC(CC(C3)C1)C2. The number of halogens is 2. The molecule has 8 fully saturated rings. The van der Waals surface area contributed by atoms with Crippen molar-refractivity contribution in [1.82, 2.24) is 0 Å². The van der Waals surface area contributed by atoms with Crippen LogP contribution in [-0.2, 0) is 47.7 Å². The molecule has 0 spiro atoms. The Kier molecular flexibility index (Phi) is 7.94. The molecule has 0 aromatic heterocycles. The van der Waals surface area contributed by atoms with E-state index in [0.29, 0.717) is 35.5 Å². The van der Waals surface area contributed by atoms with E-state index in [1.165, 1.54) is 0 Å². The highest BCUT2D eigenvalue weighted by atomic mass is 19.3. The quantitative estimate of drug-likeness (QED) is 0.249. The zero-order valence-electron chi connectivity index (χ0n) is 24.5. The molecule has 10 nitrogen and oxygen atoms in total. The molecule has 12 heteroatoms. The fourth-order valence-electron chi connectivity index (χ4n) is 9.83. The van der Waals surface area contributed by atoms with E-state index in [2.05, 4.69) is 4.74 Å². The third-order valence-corrected chi connectivity index (χ3v) is 10.5. The summed E-state index contributed by atoms with van der Waals surface area (Å²) in [5.74, 6) is -6.96. The van der Waals surface area contributed by atoms with Crippen LogP contribution < -0.4 is 0 Å². The van der Waals surface area contributed by atoms with Crippen LogP contribution in [0, 0.1) is 35.5 Å². The van der Waals surface area contributed by atoms with Crippen LogP contribution in [0.3, 0.4) is 0 Å². The van der Waals surface area contributed by atoms with Gasteiger partial charge >= 0.3 is 35.8 Å². The monoisotopic (exact) mass is 610 g/mol. The van der Waals surface area contributed by atoms with Crippen molar-refractivity contribution in [3.8, 4) is 0 Å². The van der Waals surface area contributed by atoms with Gasteiger partial charge in [0.25, 0.3) is 0 Å². The molecule has 0 heterocycles. The molecule has 0 saturated heterocycles. The smallest absolute Gasteiger partial charge is 0.377 e. The number of carbonyl (C=O) groups excluding carboxylic acids is 5. The minimum absolute atomic E-state index is 0.277. The molecule has 238 valence electrons. The first-order valence-corrected chi connectivity index (χ1v) is 15.6. The molecule has 8 saturated carbocycles. The summed E-state index contributed by atoms with van der Waals surface area (Å²) in [6.45, 7) is -1.29. The lowest BCUT2D eigenvalue weighted by atomic mass is 9.54. The van der Waals surface area contributed by atoms with Gasteiger partial charge in [0.15, 0.2) is 13.2 Å². The van der Waals surface area contributed by atoms with Crippen molar-refractivity contribution in [2.75, 3.05) is 13.2 Å². The Morgan fingerprint density at radius 3 is 1.40 bits per heavy atom. The maximum absolute atomic E-state index is 13.5. The molecule has 0 aliphatic heterocycles. The Balaban J connectivity index is 0.994. The highest BCUT2D eigenvalue weighted by molar-refractivity contribution is 5.87. The molecule has 0 N–H and O–H groups in total. The number of hydrogen-bond donors (Lipinski definition) is 0. The van der Waals surface area contributed by atoms with E-state index in [-0.39, 0.29) is 6.92 Å². The van der Waals surface area contributed by atoms with Gasteiger partial charge in [0.2, 0.25) is 6.10 Å². The Morgan fingerprint density at radius 1 is 0.651 bits per heavy atom. The summed E-state index contributed by atoms with van der Waals surface area (Å²) >= 11 is 0. The molecule has 8 rings (SSSR count). The summed E-state index contributed by atoms with van der Waals surface area (Å²) in [5.41, 5.74) is -1.12. The Morgan fingerprint density at radius 2 is 1.02 bits per heavy atom. The number of carbonyl (C=O) groups is 5. The van der Waals surface area contributed by atoms with E-state index >= 15 is 0 Å². The Labute approximate surface area is 248 Å². The van der Waals surface area contributed by atoms with Crippen LogP contribution in [0.2, 0.25) is 0 Å². The highest BCUT2D eigenvalue weighted by Crippen LogP contribution is 2.58. The molecule has 8 aliphatic carbocycles. The third-order valence-electron chi connectivity index (χ3n) is 10.5. The molecule has 1 unspecified atom stereocenters. The lowest BCUT2D eigenvalue weighted by molar-refractivity contribution is -0.197. The molecule has 0 radical (unpaired) electrons. The molecular weight excluding hydrogens is 570 g/mol. The standard InChI is InChI=1S/C31H40F2O10/c1-29(32,33)28(38)41-23(27(37)40-16-26(36)43-31-12-20-5-21(13-31)7-22(6-20)14-31)8-24(34)39-15-25(35)42-30-9-17-2-18(10-30)4-19(3-17)11-30/h17-23H,2-16H2,1H3. The topological polar surface area (TPSA) is 132 Å². The summed E-state index contributed by atoms with van der Waals surface area (Å²) in [6.07, 6.45) is 8.43. The number of esters is 5. The predicted octanol–water partition coefficient (Wildman–Crippen LogP) is 4.05. The average molecular weight is 611 g/mol. The molecule has 1 atom stereocenters. The van der Waals surface area contributed by atoms with Crippen LogP contribution >= 0.6 is 0 Å². The van der Waals surface area contributed by atoms with Crippen molar-refractivity contribution >= 4 is 29.8 Å². The minimum Gasteiger partial charge on any atom is -0.457 e. The first-order chi connectivity index (χ1) is 20.3. The summed E-state index contributed by atoms with van der Waals surface area (Å²) < 4.78 is 53.1. The largest absolute Gasteiger partial charge is 0.457 e. The molecule has 0 aromatic rings. The van der Waals surface area contributed by atoms with Gasteiger partial charge in [-0.15, -0.1) is 0 Å². The van der Waals surface area contributed by atoms with Gasteiger partial charge in [0, 0.05) is 6.92 Å². The van der Waals surface area contributed by atoms with Crippen LogP contribution in [-0.4, -0.2) is 66.3 Å². The van der Waals surface area contributed by atoms with Gasteiger partial charge in [-0.2, -0.15) is 8.78 Å². The fourth-order valence-corrected chi connectivity index (χ4v) is 9.83. The molecule has 0 aromatic carbocycles. The van der Waals surface area contributed by atoms with Crippen LogP contribution in [0.15, 0.2) is 0 Å². The van der Waals surface area contributed by atoms with E-state index in [1.54, 1.807) is 0 Å². The molecule has 43 heavy (non-hydrogen) atoms. The molecule has 0 amide bonds. The maximum atomic E-state index is 13.5. The predicted molar refractivity (Wildman–Crippen MR) is 141 cm³/mol. The zero-order chi connectivity index (χ0) is 30.6.